The van der Waals surface area contributed by atoms with Gasteiger partial charge >= 0.3 is 0 Å². The van der Waals surface area contributed by atoms with Crippen LogP contribution in [0.2, 0.25) is 5.02 Å². The number of hydrogen-bond acceptors (Lipinski definition) is 4. The first-order valence-corrected chi connectivity index (χ1v) is 7.99. The summed E-state index contributed by atoms with van der Waals surface area (Å²) in [4.78, 5) is 24.0. The molecule has 8 heteroatoms. The Bertz CT molecular complexity index is 919. The van der Waals surface area contributed by atoms with Gasteiger partial charge in [-0.3, -0.25) is 15.0 Å². The van der Waals surface area contributed by atoms with Crippen LogP contribution in [0.4, 0.5) is 5.69 Å². The summed E-state index contributed by atoms with van der Waals surface area (Å²) >= 11 is 5.82. The van der Waals surface area contributed by atoms with E-state index in [0.717, 1.165) is 5.56 Å². The van der Waals surface area contributed by atoms with Crippen molar-refractivity contribution in [3.05, 3.63) is 83.4 Å². The first-order valence-electron chi connectivity index (χ1n) is 7.61. The molecule has 0 fully saturated rings. The molecule has 0 saturated carbocycles. The van der Waals surface area contributed by atoms with E-state index in [-0.39, 0.29) is 11.8 Å². The number of nitrogens with zero attached hydrogens (tertiary/aromatic N) is 3. The number of anilines is 1. The zero-order valence-corrected chi connectivity index (χ0v) is 14.2. The molecule has 2 amide bonds. The summed E-state index contributed by atoms with van der Waals surface area (Å²) in [6.07, 6.45) is 5.86. The van der Waals surface area contributed by atoms with Crippen LogP contribution in [0.15, 0.2) is 67.3 Å². The molecule has 0 radical (unpaired) electrons. The van der Waals surface area contributed by atoms with Crippen LogP contribution in [-0.4, -0.2) is 26.7 Å². The predicted octanol–water partition coefficient (Wildman–Crippen LogP) is 2.97. The van der Waals surface area contributed by atoms with Crippen LogP contribution in [0.3, 0.4) is 0 Å². The van der Waals surface area contributed by atoms with Crippen LogP contribution < -0.4 is 10.7 Å². The van der Waals surface area contributed by atoms with Crippen LogP contribution in [0.5, 0.6) is 0 Å². The van der Waals surface area contributed by atoms with Crippen LogP contribution in [0, 0.1) is 0 Å². The van der Waals surface area contributed by atoms with E-state index in [1.807, 2.05) is 12.1 Å². The highest BCUT2D eigenvalue weighted by Crippen LogP contribution is 2.12. The lowest BCUT2D eigenvalue weighted by molar-refractivity contribution is -0.111. The molecule has 0 spiro atoms. The highest BCUT2D eigenvalue weighted by molar-refractivity contribution is 6.30. The van der Waals surface area contributed by atoms with Gasteiger partial charge in [-0.05, 0) is 48.0 Å². The van der Waals surface area contributed by atoms with Gasteiger partial charge in [0, 0.05) is 22.3 Å². The van der Waals surface area contributed by atoms with Gasteiger partial charge in [0.1, 0.15) is 12.7 Å². The second kappa shape index (κ2) is 8.09. The molecule has 0 unspecified atom stereocenters. The molecule has 1 heterocycles. The number of rotatable bonds is 5. The minimum atomic E-state index is -0.315. The van der Waals surface area contributed by atoms with Gasteiger partial charge in [-0.25, -0.2) is 4.68 Å². The number of nitrogens with one attached hydrogen (secondary N) is 2. The van der Waals surface area contributed by atoms with Gasteiger partial charge in [0.15, 0.2) is 0 Å². The van der Waals surface area contributed by atoms with Crippen LogP contribution in [0.1, 0.15) is 15.9 Å². The molecule has 7 nitrogen and oxygen atoms in total. The van der Waals surface area contributed by atoms with E-state index in [4.69, 9.17) is 11.6 Å². The first kappa shape index (κ1) is 17.4. The van der Waals surface area contributed by atoms with E-state index in [9.17, 15) is 9.59 Å². The predicted molar refractivity (Wildman–Crippen MR) is 99.3 cm³/mol. The van der Waals surface area contributed by atoms with Gasteiger partial charge in [-0.15, -0.1) is 10.2 Å². The topological polar surface area (TPSA) is 88.9 Å². The Balaban J connectivity index is 1.57. The van der Waals surface area contributed by atoms with Crippen LogP contribution in [0.25, 0.3) is 6.08 Å². The molecule has 0 aliphatic heterocycles. The van der Waals surface area contributed by atoms with Crippen LogP contribution in [-0.2, 0) is 4.79 Å². The van der Waals surface area contributed by atoms with Gasteiger partial charge in [0.25, 0.3) is 5.91 Å². The quantitative estimate of drug-likeness (QED) is 0.678. The SMILES string of the molecule is O=C(/C=C/c1ccc(Cl)cc1)Nc1ccc(C(=O)Nn2cnnc2)cc1. The monoisotopic (exact) mass is 367 g/mol. The summed E-state index contributed by atoms with van der Waals surface area (Å²) in [6.45, 7) is 0. The van der Waals surface area contributed by atoms with Gasteiger partial charge in [0.05, 0.1) is 0 Å². The minimum absolute atomic E-state index is 0.276. The molecule has 2 aromatic carbocycles. The van der Waals surface area contributed by atoms with E-state index in [2.05, 4.69) is 20.9 Å². The minimum Gasteiger partial charge on any atom is -0.323 e. The van der Waals surface area contributed by atoms with Crippen LogP contribution >= 0.6 is 11.6 Å². The fourth-order valence-corrected chi connectivity index (χ4v) is 2.20. The molecular formula is C18H14ClN5O2. The Kier molecular flexibility index (Phi) is 5.40. The van der Waals surface area contributed by atoms with Gasteiger partial charge in [-0.2, -0.15) is 0 Å². The third kappa shape index (κ3) is 4.78. The maximum absolute atomic E-state index is 12.0. The van der Waals surface area contributed by atoms with Crippen molar-refractivity contribution in [1.29, 1.82) is 0 Å². The van der Waals surface area contributed by atoms with E-state index in [1.165, 1.54) is 23.4 Å². The highest BCUT2D eigenvalue weighted by atomic mass is 35.5. The van der Waals surface area contributed by atoms with Crippen molar-refractivity contribution in [3.63, 3.8) is 0 Å². The third-order valence-electron chi connectivity index (χ3n) is 3.36. The number of benzene rings is 2. The molecule has 130 valence electrons. The lowest BCUT2D eigenvalue weighted by Crippen LogP contribution is -2.21. The largest absolute Gasteiger partial charge is 0.323 e. The number of carbonyl (C=O) groups is 2. The zero-order valence-electron chi connectivity index (χ0n) is 13.5. The number of carbonyl (C=O) groups excluding carboxylic acids is 2. The van der Waals surface area contributed by atoms with Gasteiger partial charge in [0.2, 0.25) is 5.91 Å². The summed E-state index contributed by atoms with van der Waals surface area (Å²) in [5, 5.41) is 10.6. The molecule has 3 aromatic rings. The lowest BCUT2D eigenvalue weighted by atomic mass is 10.2. The third-order valence-corrected chi connectivity index (χ3v) is 3.61. The van der Waals surface area contributed by atoms with E-state index in [1.54, 1.807) is 42.5 Å². The Hall–Kier alpha value is -3.45. The van der Waals surface area contributed by atoms with Crippen molar-refractivity contribution in [2.75, 3.05) is 10.7 Å². The van der Waals surface area contributed by atoms with E-state index >= 15 is 0 Å². The Morgan fingerprint density at radius 1 is 0.962 bits per heavy atom. The van der Waals surface area contributed by atoms with Crippen molar-refractivity contribution in [2.45, 2.75) is 0 Å². The number of halogens is 1. The summed E-state index contributed by atoms with van der Waals surface area (Å²) in [5.41, 5.74) is 4.47. The molecular weight excluding hydrogens is 354 g/mol. The zero-order chi connectivity index (χ0) is 18.4. The Morgan fingerprint density at radius 3 is 2.27 bits per heavy atom. The highest BCUT2D eigenvalue weighted by Gasteiger charge is 2.06. The maximum atomic E-state index is 12.0. The van der Waals surface area contributed by atoms with Crippen molar-refractivity contribution in [1.82, 2.24) is 14.9 Å². The Labute approximate surface area is 154 Å². The molecule has 0 saturated heterocycles. The molecule has 0 aliphatic carbocycles. The van der Waals surface area contributed by atoms with Crippen molar-refractivity contribution >= 4 is 35.2 Å². The summed E-state index contributed by atoms with van der Waals surface area (Å²) in [7, 11) is 0. The summed E-state index contributed by atoms with van der Waals surface area (Å²) in [6, 6.07) is 13.6. The number of amides is 2. The first-order chi connectivity index (χ1) is 12.6. The average Bonchev–Trinajstić information content (AvgIpc) is 3.15. The normalized spacial score (nSPS) is 10.7. The summed E-state index contributed by atoms with van der Waals surface area (Å²) in [5.74, 6) is -0.591. The van der Waals surface area contributed by atoms with Gasteiger partial charge in [-0.1, -0.05) is 23.7 Å². The second-order valence-corrected chi connectivity index (χ2v) is 5.70. The molecule has 0 aliphatic rings. The van der Waals surface area contributed by atoms with Crippen molar-refractivity contribution < 1.29 is 9.59 Å². The number of hydrogen-bond donors (Lipinski definition) is 2. The molecule has 0 atom stereocenters. The standard InChI is InChI=1S/C18H14ClN5O2/c19-15-6-1-13(2-7-15)3-10-17(25)22-16-8-4-14(5-9-16)18(26)23-24-11-20-21-12-24/h1-12H,(H,22,25)(H,23,26)/b10-3+. The summed E-state index contributed by atoms with van der Waals surface area (Å²) < 4.78 is 1.35. The Morgan fingerprint density at radius 2 is 1.62 bits per heavy atom. The van der Waals surface area contributed by atoms with E-state index in [0.29, 0.717) is 16.3 Å². The molecule has 0 bridgehead atoms. The maximum Gasteiger partial charge on any atom is 0.270 e. The fraction of sp³-hybridized carbons (Fsp3) is 0. The molecule has 1 aromatic heterocycles. The van der Waals surface area contributed by atoms with Crippen molar-refractivity contribution in [2.24, 2.45) is 0 Å². The van der Waals surface area contributed by atoms with E-state index < -0.39 is 0 Å². The molecule has 3 rings (SSSR count). The average molecular weight is 368 g/mol. The number of aromatic nitrogens is 3. The fourth-order valence-electron chi connectivity index (χ4n) is 2.07. The molecule has 26 heavy (non-hydrogen) atoms. The second-order valence-electron chi connectivity index (χ2n) is 5.26. The smallest absolute Gasteiger partial charge is 0.270 e. The molecule has 2 N–H and O–H groups in total. The van der Waals surface area contributed by atoms with Crippen molar-refractivity contribution in [3.8, 4) is 0 Å². The lowest BCUT2D eigenvalue weighted by Gasteiger charge is -2.06. The van der Waals surface area contributed by atoms with Gasteiger partial charge < -0.3 is 5.32 Å².